The molecule has 0 amide bonds. The number of hydrogen-bond donors (Lipinski definition) is 3. The summed E-state index contributed by atoms with van der Waals surface area (Å²) in [6.07, 6.45) is -4.62. The van der Waals surface area contributed by atoms with Crippen LogP contribution in [0.2, 0.25) is 5.02 Å². The molecule has 0 aliphatic heterocycles. The van der Waals surface area contributed by atoms with Gasteiger partial charge in [0.05, 0.1) is 9.50 Å². The third-order valence-corrected chi connectivity index (χ3v) is 3.71. The first-order valence-electron chi connectivity index (χ1n) is 4.99. The second kappa shape index (κ2) is 6.33. The van der Waals surface area contributed by atoms with Gasteiger partial charge in [-0.05, 0) is 28.1 Å². The van der Waals surface area contributed by atoms with Gasteiger partial charge in [0.1, 0.15) is 5.92 Å². The van der Waals surface area contributed by atoms with Gasteiger partial charge < -0.3 is 16.3 Å². The molecule has 0 saturated carbocycles. The lowest BCUT2D eigenvalue weighted by Crippen LogP contribution is -2.40. The molecule has 1 aromatic rings. The number of nitrogens with two attached hydrogens (primary N) is 1. The molecule has 9 heteroatoms. The molecule has 4 nitrogen and oxygen atoms in total. The molecule has 1 aromatic carbocycles. The van der Waals surface area contributed by atoms with E-state index in [1.54, 1.807) is 18.2 Å². The van der Waals surface area contributed by atoms with E-state index in [0.29, 0.717) is 15.2 Å². The molecule has 1 rings (SSSR count). The molecule has 0 fully saturated rings. The zero-order valence-corrected chi connectivity index (χ0v) is 11.7. The Labute approximate surface area is 120 Å². The van der Waals surface area contributed by atoms with Crippen LogP contribution in [-0.2, 0) is 0 Å². The molecular formula is C10H10BrClF3N3O. The highest BCUT2D eigenvalue weighted by Gasteiger charge is 2.42. The third-order valence-electron chi connectivity index (χ3n) is 2.32. The second-order valence-electron chi connectivity index (χ2n) is 3.60. The number of alkyl halides is 3. The maximum atomic E-state index is 12.7. The molecule has 1 unspecified atom stereocenters. The molecule has 0 aromatic heterocycles. The highest BCUT2D eigenvalue weighted by atomic mass is 79.9. The van der Waals surface area contributed by atoms with Crippen LogP contribution < -0.4 is 11.1 Å². The normalized spacial score (nSPS) is 14.3. The Morgan fingerprint density at radius 3 is 2.68 bits per heavy atom. The number of nitrogens with one attached hydrogen (secondary N) is 1. The van der Waals surface area contributed by atoms with Crippen molar-refractivity contribution in [2.75, 3.05) is 11.9 Å². The van der Waals surface area contributed by atoms with Crippen LogP contribution in [0.25, 0.3) is 0 Å². The van der Waals surface area contributed by atoms with Crippen LogP contribution in [-0.4, -0.2) is 23.8 Å². The van der Waals surface area contributed by atoms with E-state index >= 15 is 0 Å². The van der Waals surface area contributed by atoms with Crippen molar-refractivity contribution in [1.82, 2.24) is 0 Å². The minimum absolute atomic E-state index is 0.359. The zero-order chi connectivity index (χ0) is 14.6. The van der Waals surface area contributed by atoms with Crippen molar-refractivity contribution < 1.29 is 18.4 Å². The Hall–Kier alpha value is -1.15. The number of nitrogens with zero attached hydrogens (tertiary/aromatic N) is 1. The topological polar surface area (TPSA) is 70.6 Å². The average molecular weight is 361 g/mol. The van der Waals surface area contributed by atoms with Gasteiger partial charge in [-0.3, -0.25) is 0 Å². The van der Waals surface area contributed by atoms with Gasteiger partial charge in [-0.25, -0.2) is 0 Å². The van der Waals surface area contributed by atoms with Gasteiger partial charge in [-0.15, -0.1) is 0 Å². The standard InChI is InChI=1S/C10H10BrClF3N3O/c11-8-6(12)2-1-3-7(8)17-4-5(9(16)18-19)10(13,14)15/h1-3,5,17,19H,4H2,(H2,16,18). The van der Waals surface area contributed by atoms with E-state index in [-0.39, 0.29) is 0 Å². The van der Waals surface area contributed by atoms with E-state index in [1.807, 2.05) is 0 Å². The summed E-state index contributed by atoms with van der Waals surface area (Å²) in [5.41, 5.74) is 5.42. The van der Waals surface area contributed by atoms with Crippen LogP contribution in [0.1, 0.15) is 0 Å². The predicted octanol–water partition coefficient (Wildman–Crippen LogP) is 3.44. The van der Waals surface area contributed by atoms with Gasteiger partial charge >= 0.3 is 6.18 Å². The van der Waals surface area contributed by atoms with Gasteiger partial charge in [-0.2, -0.15) is 13.2 Å². The molecule has 0 aliphatic carbocycles. The Morgan fingerprint density at radius 2 is 2.16 bits per heavy atom. The third kappa shape index (κ3) is 4.17. The first kappa shape index (κ1) is 15.9. The van der Waals surface area contributed by atoms with Crippen molar-refractivity contribution in [3.05, 3.63) is 27.7 Å². The molecule has 0 spiro atoms. The number of hydrogen-bond acceptors (Lipinski definition) is 3. The SMILES string of the molecule is N/C(=N/O)C(CNc1cccc(Cl)c1Br)C(F)(F)F. The van der Waals surface area contributed by atoms with Gasteiger partial charge in [0.25, 0.3) is 0 Å². The van der Waals surface area contributed by atoms with Crippen LogP contribution >= 0.6 is 27.5 Å². The molecular weight excluding hydrogens is 350 g/mol. The second-order valence-corrected chi connectivity index (χ2v) is 4.80. The summed E-state index contributed by atoms with van der Waals surface area (Å²) < 4.78 is 38.5. The van der Waals surface area contributed by atoms with E-state index in [2.05, 4.69) is 26.4 Å². The predicted molar refractivity (Wildman–Crippen MR) is 70.6 cm³/mol. The summed E-state index contributed by atoms with van der Waals surface area (Å²) in [6.45, 7) is -0.571. The fourth-order valence-electron chi connectivity index (χ4n) is 1.31. The smallest absolute Gasteiger partial charge is 0.400 e. The molecule has 0 aliphatic rings. The van der Waals surface area contributed by atoms with Crippen LogP contribution in [0.3, 0.4) is 0 Å². The van der Waals surface area contributed by atoms with Crippen molar-refractivity contribution >= 4 is 39.1 Å². The minimum Gasteiger partial charge on any atom is -0.409 e. The molecule has 0 saturated heterocycles. The fraction of sp³-hybridized carbons (Fsp3) is 0.300. The summed E-state index contributed by atoms with van der Waals surface area (Å²) in [7, 11) is 0. The van der Waals surface area contributed by atoms with Crippen molar-refractivity contribution in [2.24, 2.45) is 16.8 Å². The van der Waals surface area contributed by atoms with Crippen molar-refractivity contribution in [3.63, 3.8) is 0 Å². The molecule has 106 valence electrons. The Bertz CT molecular complexity index is 482. The lowest BCUT2D eigenvalue weighted by atomic mass is 10.1. The van der Waals surface area contributed by atoms with E-state index in [4.69, 9.17) is 22.5 Å². The monoisotopic (exact) mass is 359 g/mol. The molecule has 1 atom stereocenters. The number of anilines is 1. The van der Waals surface area contributed by atoms with Crippen LogP contribution in [0.15, 0.2) is 27.8 Å². The Kier molecular flexibility index (Phi) is 5.30. The Balaban J connectivity index is 2.86. The number of amidine groups is 1. The first-order valence-corrected chi connectivity index (χ1v) is 6.16. The summed E-state index contributed by atoms with van der Waals surface area (Å²) >= 11 is 8.96. The fourth-order valence-corrected chi connectivity index (χ4v) is 1.89. The lowest BCUT2D eigenvalue weighted by Gasteiger charge is -2.20. The molecule has 0 bridgehead atoms. The summed E-state index contributed by atoms with van der Waals surface area (Å²) in [4.78, 5) is 0. The van der Waals surface area contributed by atoms with Crippen molar-refractivity contribution in [1.29, 1.82) is 0 Å². The quantitative estimate of drug-likeness (QED) is 0.333. The van der Waals surface area contributed by atoms with Gasteiger partial charge in [0, 0.05) is 12.2 Å². The highest BCUT2D eigenvalue weighted by molar-refractivity contribution is 9.10. The largest absolute Gasteiger partial charge is 0.409 e. The summed E-state index contributed by atoms with van der Waals surface area (Å²) in [6, 6.07) is 4.72. The molecule has 0 heterocycles. The molecule has 4 N–H and O–H groups in total. The zero-order valence-electron chi connectivity index (χ0n) is 9.38. The number of rotatable bonds is 4. The van der Waals surface area contributed by atoms with Crippen molar-refractivity contribution in [2.45, 2.75) is 6.18 Å². The maximum Gasteiger partial charge on any atom is 0.400 e. The van der Waals surface area contributed by atoms with E-state index in [0.717, 1.165) is 0 Å². The average Bonchev–Trinajstić information content (AvgIpc) is 2.32. The van der Waals surface area contributed by atoms with Crippen LogP contribution in [0, 0.1) is 5.92 Å². The van der Waals surface area contributed by atoms with E-state index < -0.39 is 24.5 Å². The molecule has 0 radical (unpaired) electrons. The summed E-state index contributed by atoms with van der Waals surface area (Å²) in [5.74, 6) is -3.00. The van der Waals surface area contributed by atoms with Crippen LogP contribution in [0.4, 0.5) is 18.9 Å². The number of halogens is 5. The van der Waals surface area contributed by atoms with E-state index in [9.17, 15) is 13.2 Å². The van der Waals surface area contributed by atoms with Crippen molar-refractivity contribution in [3.8, 4) is 0 Å². The van der Waals surface area contributed by atoms with Gasteiger partial charge in [-0.1, -0.05) is 22.8 Å². The van der Waals surface area contributed by atoms with Gasteiger partial charge in [0.2, 0.25) is 0 Å². The highest BCUT2D eigenvalue weighted by Crippen LogP contribution is 2.32. The summed E-state index contributed by atoms with van der Waals surface area (Å²) in [5, 5.41) is 13.7. The van der Waals surface area contributed by atoms with Crippen LogP contribution in [0.5, 0.6) is 0 Å². The maximum absolute atomic E-state index is 12.7. The minimum atomic E-state index is -4.62. The Morgan fingerprint density at radius 1 is 1.53 bits per heavy atom. The number of oxime groups is 1. The first-order chi connectivity index (χ1) is 8.77. The lowest BCUT2D eigenvalue weighted by molar-refractivity contribution is -0.152. The van der Waals surface area contributed by atoms with E-state index in [1.165, 1.54) is 0 Å². The van der Waals surface area contributed by atoms with Gasteiger partial charge in [0.15, 0.2) is 5.84 Å². The molecule has 19 heavy (non-hydrogen) atoms. The number of benzene rings is 1.